The average molecular weight is 417 g/mol. The Morgan fingerprint density at radius 1 is 0.900 bits per heavy atom. The van der Waals surface area contributed by atoms with Gasteiger partial charge in [-0.2, -0.15) is 0 Å². The first kappa shape index (κ1) is 22.0. The second kappa shape index (κ2) is 6.65. The molecule has 0 aromatic rings. The van der Waals surface area contributed by atoms with Crippen molar-refractivity contribution in [3.63, 3.8) is 0 Å². The van der Waals surface area contributed by atoms with E-state index in [-0.39, 0.29) is 51.4 Å². The Balaban J connectivity index is 1.72. The van der Waals surface area contributed by atoms with Gasteiger partial charge in [-0.3, -0.25) is 14.4 Å². The highest BCUT2D eigenvalue weighted by Crippen LogP contribution is 2.73. The van der Waals surface area contributed by atoms with Gasteiger partial charge in [0.15, 0.2) is 0 Å². The lowest BCUT2D eigenvalue weighted by Crippen LogP contribution is -2.64. The highest BCUT2D eigenvalue weighted by molar-refractivity contribution is 5.87. The second-order valence-corrected chi connectivity index (χ2v) is 12.4. The van der Waals surface area contributed by atoms with Crippen molar-refractivity contribution in [2.24, 2.45) is 45.3 Å². The van der Waals surface area contributed by atoms with Gasteiger partial charge < -0.3 is 4.74 Å². The van der Waals surface area contributed by atoms with Crippen molar-refractivity contribution in [3.8, 4) is 0 Å². The number of ether oxygens (including phenoxy) is 1. The predicted octanol–water partition coefficient (Wildman–Crippen LogP) is 5.37. The van der Waals surface area contributed by atoms with E-state index < -0.39 is 0 Å². The Labute approximate surface area is 181 Å². The molecular formula is C26H40O4. The van der Waals surface area contributed by atoms with Crippen LogP contribution in [0.1, 0.15) is 93.4 Å². The maximum atomic E-state index is 13.8. The van der Waals surface area contributed by atoms with Gasteiger partial charge in [0.2, 0.25) is 0 Å². The topological polar surface area (TPSA) is 60.4 Å². The molecule has 0 spiro atoms. The molecule has 0 N–H and O–H groups in total. The van der Waals surface area contributed by atoms with Gasteiger partial charge in [0.25, 0.3) is 0 Å². The lowest BCUT2D eigenvalue weighted by Gasteiger charge is -2.66. The first-order chi connectivity index (χ1) is 13.8. The quantitative estimate of drug-likeness (QED) is 0.568. The second-order valence-electron chi connectivity index (χ2n) is 12.4. The fourth-order valence-electron chi connectivity index (χ4n) is 9.30. The van der Waals surface area contributed by atoms with Gasteiger partial charge in [0.05, 0.1) is 0 Å². The zero-order valence-electron chi connectivity index (χ0n) is 20.0. The van der Waals surface area contributed by atoms with E-state index >= 15 is 0 Å². The molecule has 0 aliphatic heterocycles. The Morgan fingerprint density at radius 3 is 2.17 bits per heavy atom. The summed E-state index contributed by atoms with van der Waals surface area (Å²) in [5.74, 6) is 1.26. The van der Waals surface area contributed by atoms with Crippen molar-refractivity contribution in [2.75, 3.05) is 0 Å². The van der Waals surface area contributed by atoms with E-state index in [1.807, 2.05) is 0 Å². The van der Waals surface area contributed by atoms with Crippen LogP contribution in [0.15, 0.2) is 0 Å². The average Bonchev–Trinajstić information content (AvgIpc) is 2.89. The standard InChI is InChI=1S/C26H40O4/c1-15(27)17-10-13-25(6)18-8-9-20-23(3,4)21(30-16(2)28)11-12-24(20,5)22(18)19(29)14-26(17,25)7/h17-18,20-22H,8-14H2,1-7H3/t17-,18-,20+,21+,22?,24+,25+,26-/m1/s1. The summed E-state index contributed by atoms with van der Waals surface area (Å²) in [4.78, 5) is 38.0. The van der Waals surface area contributed by atoms with Crippen LogP contribution in [0.25, 0.3) is 0 Å². The molecule has 4 rings (SSSR count). The summed E-state index contributed by atoms with van der Waals surface area (Å²) >= 11 is 0. The Hall–Kier alpha value is -1.19. The maximum absolute atomic E-state index is 13.8. The van der Waals surface area contributed by atoms with Crippen LogP contribution in [0.4, 0.5) is 0 Å². The van der Waals surface area contributed by atoms with E-state index in [1.54, 1.807) is 6.92 Å². The largest absolute Gasteiger partial charge is 0.462 e. The van der Waals surface area contributed by atoms with E-state index in [9.17, 15) is 14.4 Å². The minimum atomic E-state index is -0.205. The zero-order valence-corrected chi connectivity index (χ0v) is 20.0. The highest BCUT2D eigenvalue weighted by atomic mass is 16.5. The molecule has 0 aromatic carbocycles. The van der Waals surface area contributed by atoms with Crippen molar-refractivity contribution in [2.45, 2.75) is 99.5 Å². The van der Waals surface area contributed by atoms with Crippen molar-refractivity contribution in [1.29, 1.82) is 0 Å². The molecule has 8 atom stereocenters. The third-order valence-electron chi connectivity index (χ3n) is 10.9. The summed E-state index contributed by atoms with van der Waals surface area (Å²) in [7, 11) is 0. The molecule has 1 unspecified atom stereocenters. The molecule has 0 saturated heterocycles. The van der Waals surface area contributed by atoms with E-state index in [0.29, 0.717) is 24.0 Å². The molecule has 168 valence electrons. The number of esters is 1. The van der Waals surface area contributed by atoms with Crippen molar-refractivity contribution in [1.82, 2.24) is 0 Å². The van der Waals surface area contributed by atoms with Crippen molar-refractivity contribution < 1.29 is 19.1 Å². The minimum absolute atomic E-state index is 0.0223. The first-order valence-corrected chi connectivity index (χ1v) is 12.0. The molecule has 0 bridgehead atoms. The molecule has 4 fully saturated rings. The fraction of sp³-hybridized carbons (Fsp3) is 0.885. The molecule has 30 heavy (non-hydrogen) atoms. The zero-order chi connectivity index (χ0) is 22.3. The molecule has 0 aromatic heterocycles. The Morgan fingerprint density at radius 2 is 1.57 bits per heavy atom. The maximum Gasteiger partial charge on any atom is 0.302 e. The normalized spacial score (nSPS) is 49.6. The fourth-order valence-corrected chi connectivity index (χ4v) is 9.30. The van der Waals surface area contributed by atoms with Gasteiger partial charge >= 0.3 is 5.97 Å². The van der Waals surface area contributed by atoms with Crippen molar-refractivity contribution >= 4 is 17.5 Å². The summed E-state index contributed by atoms with van der Waals surface area (Å²) in [6.07, 6.45) is 6.36. The summed E-state index contributed by atoms with van der Waals surface area (Å²) in [6, 6.07) is 0. The molecule has 4 saturated carbocycles. The predicted molar refractivity (Wildman–Crippen MR) is 116 cm³/mol. The van der Waals surface area contributed by atoms with Crippen LogP contribution in [0, 0.1) is 45.3 Å². The molecule has 4 aliphatic carbocycles. The third kappa shape index (κ3) is 2.67. The van der Waals surface area contributed by atoms with Gasteiger partial charge in [0.1, 0.15) is 17.7 Å². The number of carbonyl (C=O) groups is 3. The molecule has 0 amide bonds. The third-order valence-corrected chi connectivity index (χ3v) is 10.9. The van der Waals surface area contributed by atoms with E-state index in [1.165, 1.54) is 6.92 Å². The van der Waals surface area contributed by atoms with Crippen LogP contribution in [0.3, 0.4) is 0 Å². The van der Waals surface area contributed by atoms with Crippen LogP contribution >= 0.6 is 0 Å². The van der Waals surface area contributed by atoms with Gasteiger partial charge in [-0.1, -0.05) is 34.6 Å². The smallest absolute Gasteiger partial charge is 0.302 e. The number of hydrogen-bond donors (Lipinski definition) is 0. The van der Waals surface area contributed by atoms with Gasteiger partial charge in [-0.05, 0) is 73.5 Å². The SMILES string of the molecule is CC(=O)O[C@H]1CC[C@]2(C)C3C(=O)C[C@]4(C)[C@@H](C(C)=O)CC[C@@]4(C)[C@@H]3CC[C@H]2C1(C)C. The first-order valence-electron chi connectivity index (χ1n) is 12.0. The molecule has 0 heterocycles. The lowest BCUT2D eigenvalue weighted by atomic mass is 9.38. The van der Waals surface area contributed by atoms with E-state index in [4.69, 9.17) is 4.74 Å². The van der Waals surface area contributed by atoms with Gasteiger partial charge in [-0.25, -0.2) is 0 Å². The molecule has 4 heteroatoms. The van der Waals surface area contributed by atoms with Crippen LogP contribution in [0.5, 0.6) is 0 Å². The number of carbonyl (C=O) groups excluding carboxylic acids is 3. The van der Waals surface area contributed by atoms with Crippen LogP contribution in [-0.2, 0) is 19.1 Å². The number of ketones is 2. The van der Waals surface area contributed by atoms with Crippen LogP contribution in [0.2, 0.25) is 0 Å². The summed E-state index contributed by atoms with van der Waals surface area (Å²) < 4.78 is 5.75. The monoisotopic (exact) mass is 416 g/mol. The number of rotatable bonds is 2. The highest BCUT2D eigenvalue weighted by Gasteiger charge is 2.70. The van der Waals surface area contributed by atoms with Crippen LogP contribution < -0.4 is 0 Å². The minimum Gasteiger partial charge on any atom is -0.462 e. The molecule has 0 radical (unpaired) electrons. The molecular weight excluding hydrogens is 376 g/mol. The van der Waals surface area contributed by atoms with E-state index in [0.717, 1.165) is 38.5 Å². The van der Waals surface area contributed by atoms with Gasteiger partial charge in [0, 0.05) is 30.6 Å². The number of hydrogen-bond acceptors (Lipinski definition) is 4. The van der Waals surface area contributed by atoms with Gasteiger partial charge in [-0.15, -0.1) is 0 Å². The Bertz CT molecular complexity index is 784. The molecule has 4 nitrogen and oxygen atoms in total. The van der Waals surface area contributed by atoms with Crippen LogP contribution in [-0.4, -0.2) is 23.6 Å². The number of Topliss-reactive ketones (excluding diaryl/α,β-unsaturated/α-hetero) is 2. The molecule has 4 aliphatic rings. The number of fused-ring (bicyclic) bond motifs is 5. The summed E-state index contributed by atoms with van der Waals surface area (Å²) in [6.45, 7) is 14.7. The van der Waals surface area contributed by atoms with Crippen molar-refractivity contribution in [3.05, 3.63) is 0 Å². The Kier molecular flexibility index (Phi) is 4.88. The summed E-state index contributed by atoms with van der Waals surface area (Å²) in [5, 5.41) is 0. The lowest BCUT2D eigenvalue weighted by molar-refractivity contribution is -0.206. The van der Waals surface area contributed by atoms with E-state index in [2.05, 4.69) is 34.6 Å². The summed E-state index contributed by atoms with van der Waals surface area (Å²) in [5.41, 5.74) is -0.348.